The number of aryl methyl sites for hydroxylation is 2. The zero-order valence-corrected chi connectivity index (χ0v) is 14.4. The van der Waals surface area contributed by atoms with Gasteiger partial charge in [0.1, 0.15) is 5.15 Å². The van der Waals surface area contributed by atoms with Crippen molar-refractivity contribution in [3.63, 3.8) is 0 Å². The number of hydrogen-bond donors (Lipinski definition) is 0. The van der Waals surface area contributed by atoms with E-state index in [0.29, 0.717) is 16.4 Å². The molecule has 0 bridgehead atoms. The van der Waals surface area contributed by atoms with Gasteiger partial charge in [0.05, 0.1) is 27.6 Å². The van der Waals surface area contributed by atoms with Crippen LogP contribution in [-0.4, -0.2) is 20.9 Å². The Morgan fingerprint density at radius 1 is 1.20 bits per heavy atom. The van der Waals surface area contributed by atoms with Gasteiger partial charge in [0.25, 0.3) is 5.69 Å². The summed E-state index contributed by atoms with van der Waals surface area (Å²) < 4.78 is 1.65. The van der Waals surface area contributed by atoms with Crippen molar-refractivity contribution in [2.75, 3.05) is 0 Å². The van der Waals surface area contributed by atoms with Crippen LogP contribution in [-0.2, 0) is 0 Å². The number of nitro groups is 1. The summed E-state index contributed by atoms with van der Waals surface area (Å²) >= 11 is 6.46. The highest BCUT2D eigenvalue weighted by atomic mass is 35.5. The molecule has 3 aromatic rings. The van der Waals surface area contributed by atoms with Crippen LogP contribution in [0.2, 0.25) is 5.15 Å². The number of hydrogen-bond acceptors (Lipinski definition) is 4. The molecule has 0 aliphatic carbocycles. The maximum absolute atomic E-state index is 10.8. The van der Waals surface area contributed by atoms with E-state index >= 15 is 0 Å². The quantitative estimate of drug-likeness (QED) is 0.383. The Balaban J connectivity index is 1.95. The highest BCUT2D eigenvalue weighted by molar-refractivity contribution is 6.32. The molecule has 0 radical (unpaired) electrons. The van der Waals surface area contributed by atoms with Crippen molar-refractivity contribution in [3.05, 3.63) is 80.6 Å². The van der Waals surface area contributed by atoms with Crippen LogP contribution >= 0.6 is 11.6 Å². The molecule has 0 atom stereocenters. The van der Waals surface area contributed by atoms with Crippen LogP contribution in [0, 0.1) is 24.0 Å². The molecule has 126 valence electrons. The highest BCUT2D eigenvalue weighted by Crippen LogP contribution is 2.26. The predicted molar refractivity (Wildman–Crippen MR) is 98.4 cm³/mol. The van der Waals surface area contributed by atoms with E-state index in [1.807, 2.05) is 37.3 Å². The average Bonchev–Trinajstić information content (AvgIpc) is 2.89. The van der Waals surface area contributed by atoms with Crippen molar-refractivity contribution in [1.82, 2.24) is 9.78 Å². The minimum Gasteiger partial charge on any atom is -0.258 e. The summed E-state index contributed by atoms with van der Waals surface area (Å²) in [6.07, 6.45) is 1.64. The lowest BCUT2D eigenvalue weighted by molar-refractivity contribution is -0.384. The summed E-state index contributed by atoms with van der Waals surface area (Å²) in [6.45, 7) is 3.64. The summed E-state index contributed by atoms with van der Waals surface area (Å²) in [4.78, 5) is 14.8. The third-order valence-corrected chi connectivity index (χ3v) is 4.14. The largest absolute Gasteiger partial charge is 0.269 e. The van der Waals surface area contributed by atoms with Crippen LogP contribution in [0.1, 0.15) is 16.8 Å². The van der Waals surface area contributed by atoms with Gasteiger partial charge in [0.15, 0.2) is 0 Å². The SMILES string of the molecule is Cc1cc([N+](=O)[O-])ccc1N=Cc1c(C)nn(-c2ccccc2)c1Cl. The molecule has 2 aromatic carbocycles. The third-order valence-electron chi connectivity index (χ3n) is 3.77. The topological polar surface area (TPSA) is 73.3 Å². The molecule has 0 unspecified atom stereocenters. The van der Waals surface area contributed by atoms with E-state index in [9.17, 15) is 10.1 Å². The monoisotopic (exact) mass is 354 g/mol. The van der Waals surface area contributed by atoms with Gasteiger partial charge in [-0.05, 0) is 37.6 Å². The van der Waals surface area contributed by atoms with Gasteiger partial charge < -0.3 is 0 Å². The van der Waals surface area contributed by atoms with Crippen LogP contribution in [0.25, 0.3) is 5.69 Å². The van der Waals surface area contributed by atoms with E-state index in [-0.39, 0.29) is 5.69 Å². The molecular weight excluding hydrogens is 340 g/mol. The molecule has 0 amide bonds. The molecule has 0 saturated heterocycles. The molecule has 3 rings (SSSR count). The predicted octanol–water partition coefficient (Wildman–Crippen LogP) is 4.80. The Hall–Kier alpha value is -2.99. The van der Waals surface area contributed by atoms with Crippen molar-refractivity contribution in [2.24, 2.45) is 4.99 Å². The Labute approximate surface area is 149 Å². The molecule has 6 nitrogen and oxygen atoms in total. The maximum Gasteiger partial charge on any atom is 0.269 e. The van der Waals surface area contributed by atoms with Gasteiger partial charge in [0.2, 0.25) is 0 Å². The first-order valence-electron chi connectivity index (χ1n) is 7.57. The number of para-hydroxylation sites is 1. The number of aromatic nitrogens is 2. The molecule has 0 saturated carbocycles. The van der Waals surface area contributed by atoms with Crippen molar-refractivity contribution in [3.8, 4) is 5.69 Å². The Kier molecular flexibility index (Phi) is 4.63. The lowest BCUT2D eigenvalue weighted by atomic mass is 10.2. The van der Waals surface area contributed by atoms with E-state index < -0.39 is 4.92 Å². The molecule has 0 aliphatic heterocycles. The minimum atomic E-state index is -0.425. The highest BCUT2D eigenvalue weighted by Gasteiger charge is 2.13. The molecule has 0 N–H and O–H groups in total. The summed E-state index contributed by atoms with van der Waals surface area (Å²) in [5.74, 6) is 0. The fourth-order valence-electron chi connectivity index (χ4n) is 2.43. The van der Waals surface area contributed by atoms with E-state index in [1.54, 1.807) is 23.9 Å². The normalized spacial score (nSPS) is 11.2. The van der Waals surface area contributed by atoms with Crippen LogP contribution in [0.3, 0.4) is 0 Å². The lowest BCUT2D eigenvalue weighted by Crippen LogP contribution is -1.96. The number of rotatable bonds is 4. The lowest BCUT2D eigenvalue weighted by Gasteiger charge is -2.02. The average molecular weight is 355 g/mol. The second kappa shape index (κ2) is 6.86. The number of non-ortho nitro benzene ring substituents is 1. The first-order valence-corrected chi connectivity index (χ1v) is 7.95. The van der Waals surface area contributed by atoms with Crippen LogP contribution in [0.15, 0.2) is 53.5 Å². The van der Waals surface area contributed by atoms with Gasteiger partial charge in [0, 0.05) is 18.3 Å². The van der Waals surface area contributed by atoms with Gasteiger partial charge >= 0.3 is 0 Å². The van der Waals surface area contributed by atoms with E-state index in [4.69, 9.17) is 11.6 Å². The summed E-state index contributed by atoms with van der Waals surface area (Å²) in [5, 5.41) is 15.7. The smallest absolute Gasteiger partial charge is 0.258 e. The molecule has 0 fully saturated rings. The Morgan fingerprint density at radius 3 is 2.56 bits per heavy atom. The third kappa shape index (κ3) is 3.44. The second-order valence-electron chi connectivity index (χ2n) is 5.52. The van der Waals surface area contributed by atoms with Crippen molar-refractivity contribution in [2.45, 2.75) is 13.8 Å². The van der Waals surface area contributed by atoms with Gasteiger partial charge in [-0.25, -0.2) is 4.68 Å². The van der Waals surface area contributed by atoms with E-state index in [0.717, 1.165) is 16.9 Å². The second-order valence-corrected chi connectivity index (χ2v) is 5.88. The van der Waals surface area contributed by atoms with Gasteiger partial charge in [-0.3, -0.25) is 15.1 Å². The number of nitro benzene ring substituents is 1. The molecule has 7 heteroatoms. The molecule has 0 aliphatic rings. The molecule has 1 aromatic heterocycles. The molecule has 0 spiro atoms. The number of halogens is 1. The Bertz CT molecular complexity index is 965. The number of nitrogens with zero attached hydrogens (tertiary/aromatic N) is 4. The first kappa shape index (κ1) is 16.9. The van der Waals surface area contributed by atoms with Crippen molar-refractivity contribution in [1.29, 1.82) is 0 Å². The molecule has 1 heterocycles. The first-order chi connectivity index (χ1) is 12.0. The summed E-state index contributed by atoms with van der Waals surface area (Å²) in [6, 6.07) is 14.1. The fourth-order valence-corrected chi connectivity index (χ4v) is 2.75. The van der Waals surface area contributed by atoms with E-state index in [2.05, 4.69) is 10.1 Å². The zero-order chi connectivity index (χ0) is 18.0. The Morgan fingerprint density at radius 2 is 1.92 bits per heavy atom. The maximum atomic E-state index is 10.8. The van der Waals surface area contributed by atoms with E-state index in [1.165, 1.54) is 12.1 Å². The molecule has 25 heavy (non-hydrogen) atoms. The molecular formula is C18H15ClN4O2. The minimum absolute atomic E-state index is 0.0440. The number of aliphatic imine (C=N–C) groups is 1. The van der Waals surface area contributed by atoms with Gasteiger partial charge in [-0.15, -0.1) is 0 Å². The number of benzene rings is 2. The van der Waals surface area contributed by atoms with Gasteiger partial charge in [-0.1, -0.05) is 29.8 Å². The standard InChI is InChI=1S/C18H15ClN4O2/c1-12-10-15(23(24)25)8-9-17(12)20-11-16-13(2)21-22(18(16)19)14-6-4-3-5-7-14/h3-11H,1-2H3. The van der Waals surface area contributed by atoms with Crippen molar-refractivity contribution < 1.29 is 4.92 Å². The van der Waals surface area contributed by atoms with Crippen LogP contribution < -0.4 is 0 Å². The summed E-state index contributed by atoms with van der Waals surface area (Å²) in [5.41, 5.74) is 3.73. The summed E-state index contributed by atoms with van der Waals surface area (Å²) in [7, 11) is 0. The van der Waals surface area contributed by atoms with Crippen LogP contribution in [0.4, 0.5) is 11.4 Å². The fraction of sp³-hybridized carbons (Fsp3) is 0.111. The van der Waals surface area contributed by atoms with Gasteiger partial charge in [-0.2, -0.15) is 5.10 Å². The van der Waals surface area contributed by atoms with Crippen LogP contribution in [0.5, 0.6) is 0 Å². The van der Waals surface area contributed by atoms with Crippen molar-refractivity contribution >= 4 is 29.2 Å². The zero-order valence-electron chi connectivity index (χ0n) is 13.7.